The van der Waals surface area contributed by atoms with Crippen LogP contribution in [0.25, 0.3) is 0 Å². The van der Waals surface area contributed by atoms with Crippen LogP contribution >= 0.6 is 0 Å². The van der Waals surface area contributed by atoms with Crippen molar-refractivity contribution in [2.24, 2.45) is 0 Å². The lowest BCUT2D eigenvalue weighted by Crippen LogP contribution is -3.00. The van der Waals surface area contributed by atoms with Crippen LogP contribution in [0, 0.1) is 0 Å². The van der Waals surface area contributed by atoms with Crippen LogP contribution in [0.5, 0.6) is 0 Å². The van der Waals surface area contributed by atoms with Crippen LogP contribution in [0.4, 0.5) is 0 Å². The molecule has 1 N–H and O–H groups in total. The molecule has 0 unspecified atom stereocenters. The van der Waals surface area contributed by atoms with E-state index in [1.54, 1.807) is 0 Å². The van der Waals surface area contributed by atoms with Crippen molar-refractivity contribution in [2.45, 2.75) is 97.3 Å². The Bertz CT molecular complexity index is 205. The van der Waals surface area contributed by atoms with Gasteiger partial charge in [-0.05, 0) is 19.3 Å². The molecule has 0 rings (SSSR count). The molecule has 0 aliphatic rings. The molecule has 0 amide bonds. The summed E-state index contributed by atoms with van der Waals surface area (Å²) in [4.78, 5) is 10.0. The Kier molecular flexibility index (Phi) is 29.7. The number of allylic oxidation sites excluding steroid dienone is 1. The SMILES string of the molecule is C=CCCCCCCCC.CCCCCCCC(=O)O.[Cl-]. The van der Waals surface area contributed by atoms with Crippen molar-refractivity contribution in [3.05, 3.63) is 12.7 Å². The van der Waals surface area contributed by atoms with Crippen LogP contribution < -0.4 is 12.4 Å². The molecule has 0 spiro atoms. The summed E-state index contributed by atoms with van der Waals surface area (Å²) in [5.74, 6) is -0.670. The monoisotopic (exact) mass is 319 g/mol. The number of aliphatic carboxylic acids is 1. The predicted molar refractivity (Wildman–Crippen MR) is 89.2 cm³/mol. The molecule has 2 nitrogen and oxygen atoms in total. The molecule has 0 fully saturated rings. The van der Waals surface area contributed by atoms with Gasteiger partial charge in [-0.3, -0.25) is 4.79 Å². The van der Waals surface area contributed by atoms with Crippen molar-refractivity contribution in [3.8, 4) is 0 Å². The first-order valence-corrected chi connectivity index (χ1v) is 8.51. The fraction of sp³-hybridized carbons (Fsp3) is 0.833. The van der Waals surface area contributed by atoms with Crippen LogP contribution in [0.3, 0.4) is 0 Å². The fourth-order valence-electron chi connectivity index (χ4n) is 1.95. The molecule has 128 valence electrons. The summed E-state index contributed by atoms with van der Waals surface area (Å²) in [6.45, 7) is 8.10. The van der Waals surface area contributed by atoms with Crippen molar-refractivity contribution >= 4 is 5.97 Å². The van der Waals surface area contributed by atoms with E-state index in [4.69, 9.17) is 5.11 Å². The summed E-state index contributed by atoms with van der Waals surface area (Å²) in [5, 5.41) is 8.27. The summed E-state index contributed by atoms with van der Waals surface area (Å²) in [6, 6.07) is 0. The van der Waals surface area contributed by atoms with E-state index >= 15 is 0 Å². The first-order chi connectivity index (χ1) is 9.68. The summed E-state index contributed by atoms with van der Waals surface area (Å²) in [6.07, 6.45) is 17.4. The third-order valence-electron chi connectivity index (χ3n) is 3.26. The molecule has 0 heterocycles. The Morgan fingerprint density at radius 2 is 1.29 bits per heavy atom. The van der Waals surface area contributed by atoms with Gasteiger partial charge in [-0.1, -0.05) is 77.7 Å². The highest BCUT2D eigenvalue weighted by Gasteiger charge is 1.94. The second-order valence-electron chi connectivity index (χ2n) is 5.40. The standard InChI is InChI=1S/C10H20.C8H16O2.ClH/c1-3-5-7-9-10-8-6-4-2;1-2-3-4-5-6-7-8(9)10;/h3H,1,4-10H2,2H3;2-7H2,1H3,(H,9,10);1H/p-1. The van der Waals surface area contributed by atoms with Gasteiger partial charge in [0, 0.05) is 6.42 Å². The normalized spacial score (nSPS) is 9.24. The van der Waals surface area contributed by atoms with Gasteiger partial charge in [0.2, 0.25) is 0 Å². The van der Waals surface area contributed by atoms with Gasteiger partial charge in [-0.2, -0.15) is 0 Å². The van der Waals surface area contributed by atoms with E-state index in [1.165, 1.54) is 64.2 Å². The minimum Gasteiger partial charge on any atom is -1.00 e. The number of unbranched alkanes of at least 4 members (excludes halogenated alkanes) is 10. The topological polar surface area (TPSA) is 37.3 Å². The van der Waals surface area contributed by atoms with Crippen LogP contribution in [0.2, 0.25) is 0 Å². The van der Waals surface area contributed by atoms with Gasteiger partial charge in [0.15, 0.2) is 0 Å². The number of hydrogen-bond acceptors (Lipinski definition) is 1. The van der Waals surface area contributed by atoms with Crippen molar-refractivity contribution in [1.29, 1.82) is 0 Å². The molecule has 0 atom stereocenters. The Balaban J connectivity index is -0.000000295. The van der Waals surface area contributed by atoms with Gasteiger partial charge in [-0.25, -0.2) is 0 Å². The minimum atomic E-state index is -0.670. The number of carboxylic acids is 1. The van der Waals surface area contributed by atoms with Gasteiger partial charge < -0.3 is 17.5 Å². The van der Waals surface area contributed by atoms with E-state index in [0.29, 0.717) is 6.42 Å². The zero-order valence-corrected chi connectivity index (χ0v) is 15.0. The molecule has 0 aromatic heterocycles. The maximum absolute atomic E-state index is 10.0. The molecule has 0 saturated heterocycles. The van der Waals surface area contributed by atoms with Gasteiger partial charge in [0.05, 0.1) is 0 Å². The Hall–Kier alpha value is -0.500. The number of rotatable bonds is 13. The molecule has 3 heteroatoms. The van der Waals surface area contributed by atoms with E-state index in [1.807, 2.05) is 6.08 Å². The van der Waals surface area contributed by atoms with Crippen LogP contribution in [0.15, 0.2) is 12.7 Å². The van der Waals surface area contributed by atoms with E-state index in [2.05, 4.69) is 20.4 Å². The smallest absolute Gasteiger partial charge is 0.303 e. The third-order valence-corrected chi connectivity index (χ3v) is 3.26. The first kappa shape index (κ1) is 25.5. The zero-order chi connectivity index (χ0) is 15.5. The summed E-state index contributed by atoms with van der Waals surface area (Å²) < 4.78 is 0. The second-order valence-corrected chi connectivity index (χ2v) is 5.40. The Labute approximate surface area is 138 Å². The van der Waals surface area contributed by atoms with Crippen molar-refractivity contribution in [3.63, 3.8) is 0 Å². The van der Waals surface area contributed by atoms with E-state index in [0.717, 1.165) is 12.8 Å². The lowest BCUT2D eigenvalue weighted by atomic mass is 10.1. The van der Waals surface area contributed by atoms with Crippen LogP contribution in [-0.4, -0.2) is 11.1 Å². The highest BCUT2D eigenvalue weighted by atomic mass is 35.5. The predicted octanol–water partition coefficient (Wildman–Crippen LogP) is 3.36. The lowest BCUT2D eigenvalue weighted by molar-refractivity contribution is -0.137. The fourth-order valence-corrected chi connectivity index (χ4v) is 1.95. The second kappa shape index (κ2) is 24.5. The number of carboxylic acid groups (broad SMARTS) is 1. The molecule has 0 bridgehead atoms. The zero-order valence-electron chi connectivity index (χ0n) is 14.2. The molecule has 0 aliphatic heterocycles. The Morgan fingerprint density at radius 3 is 1.71 bits per heavy atom. The van der Waals surface area contributed by atoms with Crippen LogP contribution in [0.1, 0.15) is 97.3 Å². The lowest BCUT2D eigenvalue weighted by Gasteiger charge is -1.96. The average Bonchev–Trinajstić information content (AvgIpc) is 2.43. The summed E-state index contributed by atoms with van der Waals surface area (Å²) >= 11 is 0. The molecular formula is C18H36ClO2-. The van der Waals surface area contributed by atoms with Crippen molar-refractivity contribution in [1.82, 2.24) is 0 Å². The summed E-state index contributed by atoms with van der Waals surface area (Å²) in [7, 11) is 0. The van der Waals surface area contributed by atoms with E-state index in [9.17, 15) is 4.79 Å². The largest absolute Gasteiger partial charge is 1.00 e. The highest BCUT2D eigenvalue weighted by molar-refractivity contribution is 5.66. The van der Waals surface area contributed by atoms with Gasteiger partial charge in [0.1, 0.15) is 0 Å². The molecule has 0 aliphatic carbocycles. The molecule has 0 aromatic carbocycles. The maximum Gasteiger partial charge on any atom is 0.303 e. The number of carbonyl (C=O) groups is 1. The molecule has 0 saturated carbocycles. The molecular weight excluding hydrogens is 284 g/mol. The number of halogens is 1. The quantitative estimate of drug-likeness (QED) is 0.417. The highest BCUT2D eigenvalue weighted by Crippen LogP contribution is 2.06. The van der Waals surface area contributed by atoms with Crippen molar-refractivity contribution in [2.75, 3.05) is 0 Å². The van der Waals surface area contributed by atoms with Gasteiger partial charge >= 0.3 is 5.97 Å². The van der Waals surface area contributed by atoms with Gasteiger partial charge in [-0.15, -0.1) is 6.58 Å². The number of hydrogen-bond donors (Lipinski definition) is 1. The van der Waals surface area contributed by atoms with E-state index < -0.39 is 5.97 Å². The average molecular weight is 320 g/mol. The minimum absolute atomic E-state index is 0. The molecule has 21 heavy (non-hydrogen) atoms. The van der Waals surface area contributed by atoms with Gasteiger partial charge in [0.25, 0.3) is 0 Å². The molecule has 0 aromatic rings. The Morgan fingerprint density at radius 1 is 0.857 bits per heavy atom. The maximum atomic E-state index is 10.0. The molecule has 0 radical (unpaired) electrons. The summed E-state index contributed by atoms with van der Waals surface area (Å²) in [5.41, 5.74) is 0. The van der Waals surface area contributed by atoms with E-state index in [-0.39, 0.29) is 12.4 Å². The van der Waals surface area contributed by atoms with Crippen molar-refractivity contribution < 1.29 is 22.3 Å². The first-order valence-electron chi connectivity index (χ1n) is 8.51. The third kappa shape index (κ3) is 32.8. The van der Waals surface area contributed by atoms with Crippen LogP contribution in [-0.2, 0) is 4.79 Å².